The highest BCUT2D eigenvalue weighted by Crippen LogP contribution is 2.13. The van der Waals surface area contributed by atoms with Crippen molar-refractivity contribution in [3.8, 4) is 0 Å². The van der Waals surface area contributed by atoms with Gasteiger partial charge in [-0.2, -0.15) is 0 Å². The van der Waals surface area contributed by atoms with Gasteiger partial charge in [-0.25, -0.2) is 8.78 Å². The third-order valence-electron chi connectivity index (χ3n) is 3.64. The zero-order valence-electron chi connectivity index (χ0n) is 13.2. The fraction of sp³-hybridized carbons (Fsp3) is 0.222. The first-order valence-corrected chi connectivity index (χ1v) is 7.44. The van der Waals surface area contributed by atoms with Crippen LogP contribution >= 0.6 is 0 Å². The molecular weight excluding hydrogens is 314 g/mol. The zero-order valence-corrected chi connectivity index (χ0v) is 13.2. The van der Waals surface area contributed by atoms with Crippen LogP contribution < -0.4 is 11.1 Å². The average Bonchev–Trinajstić information content (AvgIpc) is 2.52. The molecule has 2 amide bonds. The van der Waals surface area contributed by atoms with Crippen molar-refractivity contribution in [1.29, 1.82) is 0 Å². The summed E-state index contributed by atoms with van der Waals surface area (Å²) in [6.07, 6.45) is -0.294. The molecule has 0 bridgehead atoms. The largest absolute Gasteiger partial charge is 0.368 e. The Bertz CT molecular complexity index is 725. The van der Waals surface area contributed by atoms with Gasteiger partial charge in [0, 0.05) is 12.0 Å². The van der Waals surface area contributed by atoms with Crippen molar-refractivity contribution in [1.82, 2.24) is 5.32 Å². The molecule has 0 unspecified atom stereocenters. The van der Waals surface area contributed by atoms with Crippen LogP contribution in [-0.2, 0) is 22.4 Å². The molecule has 0 aliphatic heterocycles. The second kappa shape index (κ2) is 7.68. The van der Waals surface area contributed by atoms with Crippen LogP contribution in [0, 0.1) is 18.6 Å². The molecule has 24 heavy (non-hydrogen) atoms. The Labute approximate surface area is 138 Å². The molecule has 3 N–H and O–H groups in total. The maximum Gasteiger partial charge on any atom is 0.240 e. The molecule has 0 heterocycles. The van der Waals surface area contributed by atoms with Gasteiger partial charge in [0.1, 0.15) is 17.7 Å². The molecule has 2 rings (SSSR count). The number of hydrogen-bond donors (Lipinski definition) is 2. The SMILES string of the molecule is Cc1ccc(C[C@@H](NC(=O)Cc2c(F)cccc2F)C(N)=O)cc1. The van der Waals surface area contributed by atoms with Crippen LogP contribution in [0.5, 0.6) is 0 Å². The maximum atomic E-state index is 13.6. The van der Waals surface area contributed by atoms with E-state index in [2.05, 4.69) is 5.32 Å². The van der Waals surface area contributed by atoms with Crippen molar-refractivity contribution in [2.24, 2.45) is 5.73 Å². The number of carbonyl (C=O) groups is 2. The molecule has 0 radical (unpaired) electrons. The van der Waals surface area contributed by atoms with Gasteiger partial charge in [-0.3, -0.25) is 9.59 Å². The minimum atomic E-state index is -0.949. The first kappa shape index (κ1) is 17.6. The van der Waals surface area contributed by atoms with E-state index in [1.165, 1.54) is 6.07 Å². The smallest absolute Gasteiger partial charge is 0.240 e. The van der Waals surface area contributed by atoms with Gasteiger partial charge < -0.3 is 11.1 Å². The van der Waals surface area contributed by atoms with Gasteiger partial charge in [0.2, 0.25) is 11.8 Å². The van der Waals surface area contributed by atoms with Crippen molar-refractivity contribution in [3.63, 3.8) is 0 Å². The second-order valence-electron chi connectivity index (χ2n) is 5.59. The van der Waals surface area contributed by atoms with E-state index in [9.17, 15) is 18.4 Å². The standard InChI is InChI=1S/C18H18F2N2O2/c1-11-5-7-12(8-6-11)9-16(18(21)24)22-17(23)10-13-14(19)3-2-4-15(13)20/h2-8,16H,9-10H2,1H3,(H2,21,24)(H,22,23)/t16-/m1/s1. The lowest BCUT2D eigenvalue weighted by Crippen LogP contribution is -2.46. The number of nitrogens with one attached hydrogen (secondary N) is 1. The highest BCUT2D eigenvalue weighted by molar-refractivity contribution is 5.87. The van der Waals surface area contributed by atoms with Crippen molar-refractivity contribution < 1.29 is 18.4 Å². The Balaban J connectivity index is 2.06. The summed E-state index contributed by atoms with van der Waals surface area (Å²) in [4.78, 5) is 23.6. The van der Waals surface area contributed by atoms with Crippen LogP contribution in [0.4, 0.5) is 8.78 Å². The van der Waals surface area contributed by atoms with Crippen molar-refractivity contribution in [2.45, 2.75) is 25.8 Å². The molecule has 0 aromatic heterocycles. The highest BCUT2D eigenvalue weighted by Gasteiger charge is 2.20. The molecule has 0 spiro atoms. The number of carbonyl (C=O) groups excluding carboxylic acids is 2. The molecule has 1 atom stereocenters. The van der Waals surface area contributed by atoms with Crippen LogP contribution in [0.3, 0.4) is 0 Å². The number of primary amides is 1. The number of amides is 2. The van der Waals surface area contributed by atoms with Gasteiger partial charge in [0.25, 0.3) is 0 Å². The Morgan fingerprint density at radius 3 is 2.21 bits per heavy atom. The first-order valence-electron chi connectivity index (χ1n) is 7.44. The molecule has 4 nitrogen and oxygen atoms in total. The quantitative estimate of drug-likeness (QED) is 0.849. The van der Waals surface area contributed by atoms with E-state index in [0.717, 1.165) is 23.3 Å². The molecule has 126 valence electrons. The predicted octanol–water partition coefficient (Wildman–Crippen LogP) is 2.03. The summed E-state index contributed by atoms with van der Waals surface area (Å²) in [6, 6.07) is 9.83. The lowest BCUT2D eigenvalue weighted by Gasteiger charge is -2.16. The lowest BCUT2D eigenvalue weighted by molar-refractivity contribution is -0.127. The summed E-state index contributed by atoms with van der Waals surface area (Å²) in [7, 11) is 0. The molecule has 2 aromatic rings. The number of rotatable bonds is 6. The number of benzene rings is 2. The van der Waals surface area contributed by atoms with E-state index >= 15 is 0 Å². The zero-order chi connectivity index (χ0) is 17.7. The number of halogens is 2. The van der Waals surface area contributed by atoms with Crippen LogP contribution in [0.2, 0.25) is 0 Å². The molecule has 0 saturated carbocycles. The topological polar surface area (TPSA) is 72.2 Å². The number of hydrogen-bond acceptors (Lipinski definition) is 2. The fourth-order valence-corrected chi connectivity index (χ4v) is 2.29. The highest BCUT2D eigenvalue weighted by atomic mass is 19.1. The molecule has 6 heteroatoms. The van der Waals surface area contributed by atoms with E-state index in [0.29, 0.717) is 0 Å². The minimum absolute atomic E-state index is 0.209. The predicted molar refractivity (Wildman–Crippen MR) is 86.1 cm³/mol. The van der Waals surface area contributed by atoms with Crippen LogP contribution in [-0.4, -0.2) is 17.9 Å². The van der Waals surface area contributed by atoms with E-state index < -0.39 is 35.9 Å². The average molecular weight is 332 g/mol. The fourth-order valence-electron chi connectivity index (χ4n) is 2.29. The Morgan fingerprint density at radius 1 is 1.08 bits per heavy atom. The number of nitrogens with two attached hydrogens (primary N) is 1. The third kappa shape index (κ3) is 4.62. The lowest BCUT2D eigenvalue weighted by atomic mass is 10.0. The van der Waals surface area contributed by atoms with Crippen molar-refractivity contribution in [3.05, 3.63) is 70.8 Å². The van der Waals surface area contributed by atoms with Gasteiger partial charge >= 0.3 is 0 Å². The van der Waals surface area contributed by atoms with Gasteiger partial charge in [0.15, 0.2) is 0 Å². The van der Waals surface area contributed by atoms with Gasteiger partial charge in [-0.05, 0) is 24.6 Å². The first-order chi connectivity index (χ1) is 11.4. The molecule has 0 aliphatic rings. The van der Waals surface area contributed by atoms with Crippen molar-refractivity contribution >= 4 is 11.8 Å². The molecule has 0 saturated heterocycles. The molecule has 0 fully saturated rings. The van der Waals surface area contributed by atoms with Crippen LogP contribution in [0.15, 0.2) is 42.5 Å². The molecular formula is C18H18F2N2O2. The Hall–Kier alpha value is -2.76. The van der Waals surface area contributed by atoms with E-state index in [1.807, 2.05) is 31.2 Å². The minimum Gasteiger partial charge on any atom is -0.368 e. The summed E-state index contributed by atoms with van der Waals surface area (Å²) in [5.41, 5.74) is 6.86. The van der Waals surface area contributed by atoms with Crippen LogP contribution in [0.1, 0.15) is 16.7 Å². The summed E-state index contributed by atoms with van der Waals surface area (Å²) in [5.74, 6) is -2.99. The molecule has 2 aromatic carbocycles. The molecule has 0 aliphatic carbocycles. The van der Waals surface area contributed by atoms with Gasteiger partial charge in [-0.15, -0.1) is 0 Å². The number of aryl methyl sites for hydroxylation is 1. The van der Waals surface area contributed by atoms with Gasteiger partial charge in [0.05, 0.1) is 6.42 Å². The van der Waals surface area contributed by atoms with E-state index in [4.69, 9.17) is 5.73 Å². The summed E-state index contributed by atoms with van der Waals surface area (Å²) in [6.45, 7) is 1.93. The summed E-state index contributed by atoms with van der Waals surface area (Å²) < 4.78 is 27.2. The van der Waals surface area contributed by atoms with E-state index in [1.54, 1.807) is 0 Å². The third-order valence-corrected chi connectivity index (χ3v) is 3.64. The monoisotopic (exact) mass is 332 g/mol. The summed E-state index contributed by atoms with van der Waals surface area (Å²) in [5, 5.41) is 2.44. The Kier molecular flexibility index (Phi) is 5.63. The van der Waals surface area contributed by atoms with Crippen LogP contribution in [0.25, 0.3) is 0 Å². The second-order valence-corrected chi connectivity index (χ2v) is 5.59. The summed E-state index contributed by atoms with van der Waals surface area (Å²) >= 11 is 0. The maximum absolute atomic E-state index is 13.6. The van der Waals surface area contributed by atoms with E-state index in [-0.39, 0.29) is 12.0 Å². The Morgan fingerprint density at radius 2 is 1.67 bits per heavy atom. The van der Waals surface area contributed by atoms with Gasteiger partial charge in [-0.1, -0.05) is 35.9 Å². The van der Waals surface area contributed by atoms with Crippen molar-refractivity contribution in [2.75, 3.05) is 0 Å². The normalized spacial score (nSPS) is 11.8.